The van der Waals surface area contributed by atoms with E-state index in [0.717, 1.165) is 5.56 Å². The first-order valence-electron chi connectivity index (χ1n) is 9.17. The maximum absolute atomic E-state index is 12.2. The Bertz CT molecular complexity index is 709. The molecule has 0 saturated carbocycles. The van der Waals surface area contributed by atoms with Crippen molar-refractivity contribution < 1.29 is 29.0 Å². The van der Waals surface area contributed by atoms with Crippen molar-refractivity contribution in [1.29, 1.82) is 0 Å². The highest BCUT2D eigenvalue weighted by Crippen LogP contribution is 2.31. The van der Waals surface area contributed by atoms with Crippen molar-refractivity contribution in [1.82, 2.24) is 10.2 Å². The molecule has 8 nitrogen and oxygen atoms in total. The smallest absolute Gasteiger partial charge is 0.410 e. The fourth-order valence-electron chi connectivity index (χ4n) is 2.95. The lowest BCUT2D eigenvalue weighted by Gasteiger charge is -2.48. The number of nitrogens with zero attached hydrogens (tertiary/aromatic N) is 1. The second kappa shape index (κ2) is 8.50. The van der Waals surface area contributed by atoms with Crippen molar-refractivity contribution >= 4 is 18.2 Å². The minimum Gasteiger partial charge on any atom is -0.481 e. The van der Waals surface area contributed by atoms with Crippen LogP contribution in [0.1, 0.15) is 39.7 Å². The third-order valence-corrected chi connectivity index (χ3v) is 4.55. The molecule has 1 aliphatic rings. The number of alkyl carbamates (subject to hydrolysis) is 1. The number of rotatable bonds is 6. The number of benzene rings is 1. The van der Waals surface area contributed by atoms with E-state index >= 15 is 0 Å². The zero-order chi connectivity index (χ0) is 20.9. The Hall–Kier alpha value is -2.77. The summed E-state index contributed by atoms with van der Waals surface area (Å²) in [6.07, 6.45) is -1.42. The molecule has 1 saturated heterocycles. The standard InChI is InChI=1S/C20H28N2O6/c1-19(2,3)28-18(26)22-11-15(12-22)20(4,10-16(23)24)21-17(25)27-13-14-8-6-5-7-9-14/h5-9,15H,10-13H2,1-4H3,(H,21,25)(H,23,24). The number of hydrogen-bond donors (Lipinski definition) is 2. The van der Waals surface area contributed by atoms with Crippen LogP contribution in [0.3, 0.4) is 0 Å². The van der Waals surface area contributed by atoms with E-state index in [9.17, 15) is 19.5 Å². The van der Waals surface area contributed by atoms with Crippen molar-refractivity contribution in [3.63, 3.8) is 0 Å². The lowest BCUT2D eigenvalue weighted by Crippen LogP contribution is -2.65. The third-order valence-electron chi connectivity index (χ3n) is 4.55. The van der Waals surface area contributed by atoms with Gasteiger partial charge >= 0.3 is 18.2 Å². The largest absolute Gasteiger partial charge is 0.481 e. The van der Waals surface area contributed by atoms with Crippen LogP contribution in [0.2, 0.25) is 0 Å². The van der Waals surface area contributed by atoms with Gasteiger partial charge in [0.15, 0.2) is 0 Å². The van der Waals surface area contributed by atoms with E-state index in [4.69, 9.17) is 9.47 Å². The molecule has 28 heavy (non-hydrogen) atoms. The second-order valence-corrected chi connectivity index (χ2v) is 8.26. The van der Waals surface area contributed by atoms with Crippen molar-refractivity contribution in [2.24, 2.45) is 5.92 Å². The van der Waals surface area contributed by atoms with Crippen LogP contribution in [0.15, 0.2) is 30.3 Å². The summed E-state index contributed by atoms with van der Waals surface area (Å²) in [5.41, 5.74) is -0.818. The van der Waals surface area contributed by atoms with Crippen molar-refractivity contribution in [3.05, 3.63) is 35.9 Å². The van der Waals surface area contributed by atoms with Crippen LogP contribution in [-0.2, 0) is 20.9 Å². The molecule has 1 aromatic carbocycles. The maximum Gasteiger partial charge on any atom is 0.410 e. The van der Waals surface area contributed by atoms with Gasteiger partial charge in [-0.25, -0.2) is 9.59 Å². The van der Waals surface area contributed by atoms with Crippen molar-refractivity contribution in [2.75, 3.05) is 13.1 Å². The molecule has 0 radical (unpaired) electrons. The zero-order valence-corrected chi connectivity index (χ0v) is 16.7. The molecule has 8 heteroatoms. The number of carbonyl (C=O) groups excluding carboxylic acids is 2. The van der Waals surface area contributed by atoms with Gasteiger partial charge in [0.25, 0.3) is 0 Å². The Balaban J connectivity index is 1.93. The first kappa shape index (κ1) is 21.5. The Labute approximate surface area is 164 Å². The minimum atomic E-state index is -1.04. The third kappa shape index (κ3) is 6.14. The lowest BCUT2D eigenvalue weighted by molar-refractivity contribution is -0.139. The van der Waals surface area contributed by atoms with Gasteiger partial charge in [-0.15, -0.1) is 0 Å². The molecule has 2 amide bonds. The molecule has 0 aliphatic carbocycles. The molecule has 2 N–H and O–H groups in total. The highest BCUT2D eigenvalue weighted by Gasteiger charge is 2.47. The van der Waals surface area contributed by atoms with Gasteiger partial charge in [0, 0.05) is 19.0 Å². The first-order valence-corrected chi connectivity index (χ1v) is 9.17. The minimum absolute atomic E-state index is 0.0878. The fraction of sp³-hybridized carbons (Fsp3) is 0.550. The zero-order valence-electron chi connectivity index (χ0n) is 16.7. The summed E-state index contributed by atoms with van der Waals surface area (Å²) in [4.78, 5) is 37.1. The monoisotopic (exact) mass is 392 g/mol. The number of likely N-dealkylation sites (tertiary alicyclic amines) is 1. The number of carboxylic acids is 1. The molecular formula is C20H28N2O6. The second-order valence-electron chi connectivity index (χ2n) is 8.26. The van der Waals surface area contributed by atoms with Gasteiger partial charge < -0.3 is 24.8 Å². The van der Waals surface area contributed by atoms with E-state index in [1.165, 1.54) is 4.90 Å². The number of nitrogens with one attached hydrogen (secondary N) is 1. The summed E-state index contributed by atoms with van der Waals surface area (Å²) in [6.45, 7) is 7.69. The number of carboxylic acid groups (broad SMARTS) is 1. The van der Waals surface area contributed by atoms with E-state index in [2.05, 4.69) is 5.32 Å². The molecule has 1 atom stereocenters. The number of amides is 2. The highest BCUT2D eigenvalue weighted by molar-refractivity contribution is 5.73. The normalized spacial score (nSPS) is 16.5. The maximum atomic E-state index is 12.2. The van der Waals surface area contributed by atoms with Crippen LogP contribution in [0.4, 0.5) is 9.59 Å². The van der Waals surface area contributed by atoms with Crippen LogP contribution < -0.4 is 5.32 Å². The SMILES string of the molecule is CC(C)(C)OC(=O)N1CC(C(C)(CC(=O)O)NC(=O)OCc2ccccc2)C1. The Morgan fingerprint density at radius 3 is 2.29 bits per heavy atom. The van der Waals surface area contributed by atoms with Crippen LogP contribution >= 0.6 is 0 Å². The van der Waals surface area contributed by atoms with Gasteiger partial charge in [0.2, 0.25) is 0 Å². The summed E-state index contributed by atoms with van der Waals surface area (Å²) in [6, 6.07) is 9.19. The van der Waals surface area contributed by atoms with E-state index in [-0.39, 0.29) is 18.9 Å². The predicted molar refractivity (Wildman–Crippen MR) is 102 cm³/mol. The van der Waals surface area contributed by atoms with E-state index in [1.807, 2.05) is 30.3 Å². The number of aliphatic carboxylic acids is 1. The summed E-state index contributed by atoms with van der Waals surface area (Å²) in [5, 5.41) is 12.0. The van der Waals surface area contributed by atoms with Crippen molar-refractivity contribution in [3.8, 4) is 0 Å². The molecule has 1 aromatic rings. The van der Waals surface area contributed by atoms with Gasteiger partial charge in [-0.2, -0.15) is 0 Å². The van der Waals surface area contributed by atoms with Crippen LogP contribution in [-0.4, -0.2) is 52.4 Å². The highest BCUT2D eigenvalue weighted by atomic mass is 16.6. The lowest BCUT2D eigenvalue weighted by atomic mass is 9.78. The summed E-state index contributed by atoms with van der Waals surface area (Å²) < 4.78 is 10.5. The average molecular weight is 392 g/mol. The summed E-state index contributed by atoms with van der Waals surface area (Å²) >= 11 is 0. The van der Waals surface area contributed by atoms with Crippen molar-refractivity contribution in [2.45, 2.75) is 51.9 Å². The molecule has 1 unspecified atom stereocenters. The summed E-state index contributed by atoms with van der Waals surface area (Å²) in [5.74, 6) is -1.26. The van der Waals surface area contributed by atoms with E-state index in [1.54, 1.807) is 27.7 Å². The van der Waals surface area contributed by atoms with Gasteiger partial charge in [-0.1, -0.05) is 30.3 Å². The molecule has 1 aliphatic heterocycles. The van der Waals surface area contributed by atoms with Crippen LogP contribution in [0, 0.1) is 5.92 Å². The Morgan fingerprint density at radius 2 is 1.75 bits per heavy atom. The van der Waals surface area contributed by atoms with E-state index < -0.39 is 29.3 Å². The molecule has 0 spiro atoms. The fourth-order valence-corrected chi connectivity index (χ4v) is 2.95. The van der Waals surface area contributed by atoms with E-state index in [0.29, 0.717) is 13.1 Å². The Morgan fingerprint density at radius 1 is 1.14 bits per heavy atom. The molecule has 1 heterocycles. The quantitative estimate of drug-likeness (QED) is 0.771. The molecular weight excluding hydrogens is 364 g/mol. The molecule has 1 fully saturated rings. The number of hydrogen-bond acceptors (Lipinski definition) is 5. The first-order chi connectivity index (χ1) is 13.0. The predicted octanol–water partition coefficient (Wildman–Crippen LogP) is 3.01. The van der Waals surface area contributed by atoms with Gasteiger partial charge in [-0.05, 0) is 33.3 Å². The average Bonchev–Trinajstić information content (AvgIpc) is 2.49. The van der Waals surface area contributed by atoms with Gasteiger partial charge in [-0.3, -0.25) is 4.79 Å². The Kier molecular flexibility index (Phi) is 6.53. The van der Waals surface area contributed by atoms with Crippen LogP contribution in [0.25, 0.3) is 0 Å². The van der Waals surface area contributed by atoms with Crippen LogP contribution in [0.5, 0.6) is 0 Å². The number of ether oxygens (including phenoxy) is 2. The molecule has 0 aromatic heterocycles. The topological polar surface area (TPSA) is 105 Å². The summed E-state index contributed by atoms with van der Waals surface area (Å²) in [7, 11) is 0. The molecule has 0 bridgehead atoms. The molecule has 154 valence electrons. The van der Waals surface area contributed by atoms with Gasteiger partial charge in [0.1, 0.15) is 12.2 Å². The molecule has 2 rings (SSSR count). The van der Waals surface area contributed by atoms with Gasteiger partial charge in [0.05, 0.1) is 12.0 Å². The number of carbonyl (C=O) groups is 3.